The van der Waals surface area contributed by atoms with Gasteiger partial charge in [-0.25, -0.2) is 4.99 Å². The van der Waals surface area contributed by atoms with Crippen LogP contribution in [0.3, 0.4) is 0 Å². The second-order valence-electron chi connectivity index (χ2n) is 9.90. The van der Waals surface area contributed by atoms with Crippen LogP contribution < -0.4 is 24.4 Å². The van der Waals surface area contributed by atoms with E-state index >= 15 is 0 Å². The number of hydrogen-bond donors (Lipinski definition) is 0. The van der Waals surface area contributed by atoms with E-state index in [9.17, 15) is 9.59 Å². The molecule has 7 nitrogen and oxygen atoms in total. The number of likely N-dealkylation sites (N-methyl/N-ethyl adjacent to an activating group) is 1. The number of rotatable bonds is 9. The number of nitrogens with zero attached hydrogens (tertiary/aromatic N) is 3. The predicted molar refractivity (Wildman–Crippen MR) is 172 cm³/mol. The Labute approximate surface area is 263 Å². The number of fused-ring (bicyclic) bond motifs is 1. The third-order valence-corrected chi connectivity index (χ3v) is 8.92. The average molecular weight is 637 g/mol. The summed E-state index contributed by atoms with van der Waals surface area (Å²) in [6.07, 6.45) is 1.80. The van der Waals surface area contributed by atoms with Crippen molar-refractivity contribution in [1.82, 2.24) is 9.47 Å². The average Bonchev–Trinajstić information content (AvgIpc) is 3.31. The maximum Gasteiger partial charge on any atom is 0.271 e. The van der Waals surface area contributed by atoms with E-state index in [1.54, 1.807) is 40.9 Å². The fourth-order valence-electron chi connectivity index (χ4n) is 5.05. The summed E-state index contributed by atoms with van der Waals surface area (Å²) in [5.74, 6) is 0.937. The lowest BCUT2D eigenvalue weighted by molar-refractivity contribution is -0.127. The molecule has 3 aromatic carbocycles. The smallest absolute Gasteiger partial charge is 0.271 e. The molecule has 43 heavy (non-hydrogen) atoms. The largest absolute Gasteiger partial charge is 0.493 e. The zero-order valence-corrected chi connectivity index (χ0v) is 26.6. The number of thiazole rings is 1. The van der Waals surface area contributed by atoms with Crippen LogP contribution in [0.25, 0.3) is 6.08 Å². The molecule has 0 saturated heterocycles. The highest BCUT2D eigenvalue weighted by atomic mass is 35.5. The highest BCUT2D eigenvalue weighted by Crippen LogP contribution is 2.32. The predicted octanol–water partition coefficient (Wildman–Crippen LogP) is 6.00. The number of methoxy groups -OCH3 is 1. The monoisotopic (exact) mass is 635 g/mol. The highest BCUT2D eigenvalue weighted by Gasteiger charge is 2.34. The first-order valence-electron chi connectivity index (χ1n) is 13.9. The molecule has 4 aromatic rings. The van der Waals surface area contributed by atoms with E-state index in [-0.39, 0.29) is 18.1 Å². The number of benzene rings is 3. The number of ether oxygens (including phenoxy) is 2. The fraction of sp³-hybridized carbons (Fsp3) is 0.242. The van der Waals surface area contributed by atoms with Gasteiger partial charge in [0.15, 0.2) is 16.3 Å². The first-order valence-corrected chi connectivity index (χ1v) is 15.4. The molecule has 0 radical (unpaired) electrons. The van der Waals surface area contributed by atoms with Gasteiger partial charge in [0, 0.05) is 28.7 Å². The van der Waals surface area contributed by atoms with Gasteiger partial charge >= 0.3 is 0 Å². The van der Waals surface area contributed by atoms with E-state index < -0.39 is 6.04 Å². The molecule has 10 heteroatoms. The Hall–Kier alpha value is -3.85. The normalized spacial score (nSPS) is 14.7. The summed E-state index contributed by atoms with van der Waals surface area (Å²) in [6.45, 7) is 7.07. The molecule has 0 fully saturated rings. The summed E-state index contributed by atoms with van der Waals surface area (Å²) in [4.78, 5) is 34.7. The number of hydrogen-bond acceptors (Lipinski definition) is 6. The van der Waals surface area contributed by atoms with Gasteiger partial charge in [-0.3, -0.25) is 14.2 Å². The molecule has 0 bridgehead atoms. The van der Waals surface area contributed by atoms with Gasteiger partial charge in [0.1, 0.15) is 6.61 Å². The molecule has 0 aliphatic carbocycles. The van der Waals surface area contributed by atoms with Crippen LogP contribution in [0.1, 0.15) is 43.5 Å². The fourth-order valence-corrected chi connectivity index (χ4v) is 6.42. The van der Waals surface area contributed by atoms with Crippen molar-refractivity contribution in [3.63, 3.8) is 0 Å². The Morgan fingerprint density at radius 2 is 1.77 bits per heavy atom. The zero-order valence-electron chi connectivity index (χ0n) is 24.3. The molecule has 0 unspecified atom stereocenters. The lowest BCUT2D eigenvalue weighted by Crippen LogP contribution is -2.43. The number of aromatic nitrogens is 1. The van der Waals surface area contributed by atoms with Gasteiger partial charge in [0.25, 0.3) is 11.5 Å². The third-order valence-electron chi connectivity index (χ3n) is 7.31. The van der Waals surface area contributed by atoms with E-state index in [1.165, 1.54) is 11.3 Å². The molecule has 0 spiro atoms. The summed E-state index contributed by atoms with van der Waals surface area (Å²) < 4.78 is 13.7. The van der Waals surface area contributed by atoms with Crippen LogP contribution in [0, 0.1) is 0 Å². The van der Waals surface area contributed by atoms with Gasteiger partial charge in [0.2, 0.25) is 0 Å². The minimum absolute atomic E-state index is 0.141. The summed E-state index contributed by atoms with van der Waals surface area (Å²) in [5, 5.41) is 1.20. The van der Waals surface area contributed by atoms with Crippen molar-refractivity contribution in [2.75, 3.05) is 20.2 Å². The topological polar surface area (TPSA) is 73.1 Å². The van der Waals surface area contributed by atoms with E-state index in [2.05, 4.69) is 0 Å². The van der Waals surface area contributed by atoms with E-state index in [1.807, 2.05) is 69.3 Å². The number of carbonyl (C=O) groups excluding carboxylic acids is 1. The SMILES string of the molecule is CCN(CC)C(=O)C1=C(C)N=c2s/c(=C/c3ccc(OCc4ccccc4Cl)c(OC)c3)c(=O)n2[C@@H]1c1ccc(Cl)cc1. The Bertz CT molecular complexity index is 1880. The van der Waals surface area contributed by atoms with Crippen LogP contribution in [0.4, 0.5) is 0 Å². The van der Waals surface area contributed by atoms with Crippen molar-refractivity contribution in [3.05, 3.63) is 124 Å². The van der Waals surface area contributed by atoms with Crippen LogP contribution in [0.2, 0.25) is 10.0 Å². The highest BCUT2D eigenvalue weighted by molar-refractivity contribution is 7.07. The minimum atomic E-state index is -0.640. The van der Waals surface area contributed by atoms with Crippen LogP contribution >= 0.6 is 34.5 Å². The molecule has 2 heterocycles. The third kappa shape index (κ3) is 6.27. The van der Waals surface area contributed by atoms with Crippen LogP contribution in [-0.2, 0) is 11.4 Å². The van der Waals surface area contributed by atoms with Crippen LogP contribution in [0.15, 0.2) is 87.8 Å². The van der Waals surface area contributed by atoms with Crippen molar-refractivity contribution in [2.24, 2.45) is 4.99 Å². The Kier molecular flexibility index (Phi) is 9.40. The van der Waals surface area contributed by atoms with Gasteiger partial charge in [-0.05, 0) is 68.3 Å². The molecule has 1 amide bonds. The van der Waals surface area contributed by atoms with Crippen LogP contribution in [0.5, 0.6) is 11.5 Å². The van der Waals surface area contributed by atoms with Gasteiger partial charge in [0.05, 0.1) is 29.0 Å². The molecule has 0 saturated carbocycles. The standard InChI is InChI=1S/C33H31Cl2N3O4S/c1-5-37(6-2)32(40)29-20(3)36-33-38(30(29)22-12-14-24(34)15-13-22)31(39)28(43-33)18-21-11-16-26(27(17-21)41-4)42-19-23-9-7-8-10-25(23)35/h7-18,30H,5-6,19H2,1-4H3/b28-18+/t30-/m1/s1. The molecule has 1 aromatic heterocycles. The van der Waals surface area contributed by atoms with Crippen LogP contribution in [-0.4, -0.2) is 35.6 Å². The molecular formula is C33H31Cl2N3O4S. The van der Waals surface area contributed by atoms with Crippen molar-refractivity contribution < 1.29 is 14.3 Å². The summed E-state index contributed by atoms with van der Waals surface area (Å²) in [7, 11) is 1.57. The summed E-state index contributed by atoms with van der Waals surface area (Å²) in [6, 6.07) is 19.6. The minimum Gasteiger partial charge on any atom is -0.493 e. The zero-order chi connectivity index (χ0) is 30.7. The summed E-state index contributed by atoms with van der Waals surface area (Å²) >= 11 is 13.7. The molecular weight excluding hydrogens is 605 g/mol. The Morgan fingerprint density at radius 3 is 2.44 bits per heavy atom. The van der Waals surface area contributed by atoms with Gasteiger partial charge in [-0.2, -0.15) is 0 Å². The van der Waals surface area contributed by atoms with Crippen molar-refractivity contribution in [2.45, 2.75) is 33.4 Å². The molecule has 5 rings (SSSR count). The summed E-state index contributed by atoms with van der Waals surface area (Å²) in [5.41, 5.74) is 3.23. The second-order valence-corrected chi connectivity index (χ2v) is 11.8. The van der Waals surface area contributed by atoms with E-state index in [0.717, 1.165) is 16.7 Å². The van der Waals surface area contributed by atoms with Crippen molar-refractivity contribution >= 4 is 46.5 Å². The maximum absolute atomic E-state index is 14.0. The number of halogens is 2. The lowest BCUT2D eigenvalue weighted by atomic mass is 9.94. The number of allylic oxidation sites excluding steroid dienone is 1. The Balaban J connectivity index is 1.56. The number of carbonyl (C=O) groups is 1. The van der Waals surface area contributed by atoms with E-state index in [4.69, 9.17) is 37.7 Å². The van der Waals surface area contributed by atoms with Gasteiger partial charge in [-0.15, -0.1) is 0 Å². The number of amides is 1. The first-order chi connectivity index (χ1) is 20.7. The van der Waals surface area contributed by atoms with Crippen molar-refractivity contribution in [3.8, 4) is 11.5 Å². The molecule has 1 atom stereocenters. The maximum atomic E-state index is 14.0. The molecule has 1 aliphatic heterocycles. The quantitative estimate of drug-likeness (QED) is 0.226. The Morgan fingerprint density at radius 1 is 1.05 bits per heavy atom. The second kappa shape index (κ2) is 13.2. The molecule has 0 N–H and O–H groups in total. The molecule has 222 valence electrons. The van der Waals surface area contributed by atoms with Gasteiger partial charge < -0.3 is 14.4 Å². The molecule has 1 aliphatic rings. The van der Waals surface area contributed by atoms with Gasteiger partial charge in [-0.1, -0.05) is 70.9 Å². The first kappa shape index (κ1) is 30.6. The van der Waals surface area contributed by atoms with Crippen molar-refractivity contribution in [1.29, 1.82) is 0 Å². The van der Waals surface area contributed by atoms with E-state index in [0.29, 0.717) is 55.2 Å². The lowest BCUT2D eigenvalue weighted by Gasteiger charge is -2.29.